The van der Waals surface area contributed by atoms with E-state index >= 15 is 0 Å². The zero-order valence-corrected chi connectivity index (χ0v) is 7.19. The highest BCUT2D eigenvalue weighted by Gasteiger charge is 1.99. The summed E-state index contributed by atoms with van der Waals surface area (Å²) in [5.41, 5.74) is 10.9. The Morgan fingerprint density at radius 2 is 2.36 bits per heavy atom. The Balaban J connectivity index is 2.85. The molecule has 1 aromatic rings. The standard InChI is InChI=1S/C7H11N3S/c1-5-10-7(9)6(11-5)3-2-4-8/h2-3H,4,8-9H2,1H3/b3-2-. The summed E-state index contributed by atoms with van der Waals surface area (Å²) in [7, 11) is 0. The molecule has 0 fully saturated rings. The third-order valence-electron chi connectivity index (χ3n) is 1.19. The number of aryl methyl sites for hydroxylation is 1. The molecule has 1 heterocycles. The van der Waals surface area contributed by atoms with Crippen LogP contribution in [0.3, 0.4) is 0 Å². The van der Waals surface area contributed by atoms with E-state index in [0.29, 0.717) is 12.4 Å². The van der Waals surface area contributed by atoms with Gasteiger partial charge in [-0.15, -0.1) is 11.3 Å². The average molecular weight is 169 g/mol. The van der Waals surface area contributed by atoms with Gasteiger partial charge in [0.2, 0.25) is 0 Å². The lowest BCUT2D eigenvalue weighted by Gasteiger charge is -1.85. The molecule has 0 saturated carbocycles. The van der Waals surface area contributed by atoms with E-state index in [1.165, 1.54) is 0 Å². The van der Waals surface area contributed by atoms with Gasteiger partial charge >= 0.3 is 0 Å². The molecular weight excluding hydrogens is 158 g/mol. The van der Waals surface area contributed by atoms with Crippen LogP contribution in [0.15, 0.2) is 6.08 Å². The second kappa shape index (κ2) is 3.50. The molecule has 0 unspecified atom stereocenters. The quantitative estimate of drug-likeness (QED) is 0.694. The van der Waals surface area contributed by atoms with Crippen LogP contribution in [0.5, 0.6) is 0 Å². The van der Waals surface area contributed by atoms with Crippen LogP contribution in [-0.2, 0) is 0 Å². The highest BCUT2D eigenvalue weighted by Crippen LogP contribution is 2.20. The number of hydrogen-bond donors (Lipinski definition) is 2. The van der Waals surface area contributed by atoms with E-state index in [9.17, 15) is 0 Å². The lowest BCUT2D eigenvalue weighted by atomic mass is 10.4. The molecule has 1 aromatic heterocycles. The molecule has 0 aliphatic heterocycles. The normalized spacial score (nSPS) is 11.1. The molecule has 4 N–H and O–H groups in total. The van der Waals surface area contributed by atoms with Gasteiger partial charge in [-0.1, -0.05) is 6.08 Å². The molecule has 0 amide bonds. The molecule has 11 heavy (non-hydrogen) atoms. The fourth-order valence-corrected chi connectivity index (χ4v) is 1.53. The molecule has 0 atom stereocenters. The minimum absolute atomic E-state index is 0.538. The van der Waals surface area contributed by atoms with Gasteiger partial charge in [0.05, 0.1) is 9.88 Å². The number of nitrogens with two attached hydrogens (primary N) is 2. The van der Waals surface area contributed by atoms with Gasteiger partial charge in [0.25, 0.3) is 0 Å². The van der Waals surface area contributed by atoms with Crippen LogP contribution in [0.4, 0.5) is 5.82 Å². The van der Waals surface area contributed by atoms with E-state index in [0.717, 1.165) is 9.88 Å². The molecule has 0 aromatic carbocycles. The topological polar surface area (TPSA) is 64.9 Å². The minimum Gasteiger partial charge on any atom is -0.382 e. The lowest BCUT2D eigenvalue weighted by Crippen LogP contribution is -1.92. The summed E-state index contributed by atoms with van der Waals surface area (Å²) in [4.78, 5) is 5.06. The summed E-state index contributed by atoms with van der Waals surface area (Å²) < 4.78 is 0. The zero-order valence-electron chi connectivity index (χ0n) is 6.37. The summed E-state index contributed by atoms with van der Waals surface area (Å²) in [5.74, 6) is 0.595. The van der Waals surface area contributed by atoms with Crippen molar-refractivity contribution in [3.8, 4) is 0 Å². The van der Waals surface area contributed by atoms with Gasteiger partial charge in [0, 0.05) is 6.54 Å². The van der Waals surface area contributed by atoms with E-state index in [2.05, 4.69) is 4.98 Å². The van der Waals surface area contributed by atoms with Crippen LogP contribution in [0.2, 0.25) is 0 Å². The Morgan fingerprint density at radius 1 is 1.64 bits per heavy atom. The maximum atomic E-state index is 5.59. The first-order valence-electron chi connectivity index (χ1n) is 3.33. The van der Waals surface area contributed by atoms with Crippen molar-refractivity contribution >= 4 is 23.2 Å². The van der Waals surface area contributed by atoms with Crippen LogP contribution in [-0.4, -0.2) is 11.5 Å². The van der Waals surface area contributed by atoms with Crippen LogP contribution >= 0.6 is 11.3 Å². The molecule has 0 saturated heterocycles. The molecule has 1 rings (SSSR count). The van der Waals surface area contributed by atoms with Crippen molar-refractivity contribution in [2.24, 2.45) is 5.73 Å². The third kappa shape index (κ3) is 2.03. The molecule has 0 aliphatic rings. The predicted molar refractivity (Wildman–Crippen MR) is 49.4 cm³/mol. The van der Waals surface area contributed by atoms with E-state index < -0.39 is 0 Å². The Bertz CT molecular complexity index is 265. The number of hydrogen-bond acceptors (Lipinski definition) is 4. The van der Waals surface area contributed by atoms with Crippen molar-refractivity contribution in [1.29, 1.82) is 0 Å². The highest BCUT2D eigenvalue weighted by atomic mass is 32.1. The Labute approximate surface area is 69.7 Å². The van der Waals surface area contributed by atoms with Gasteiger partial charge in [-0.05, 0) is 13.0 Å². The van der Waals surface area contributed by atoms with E-state index in [4.69, 9.17) is 11.5 Å². The fourth-order valence-electron chi connectivity index (χ4n) is 0.753. The summed E-state index contributed by atoms with van der Waals surface area (Å²) in [6, 6.07) is 0. The van der Waals surface area contributed by atoms with Crippen molar-refractivity contribution in [3.63, 3.8) is 0 Å². The van der Waals surface area contributed by atoms with E-state index in [-0.39, 0.29) is 0 Å². The van der Waals surface area contributed by atoms with Crippen molar-refractivity contribution in [2.75, 3.05) is 12.3 Å². The number of nitrogen functional groups attached to an aromatic ring is 1. The number of nitrogens with zero attached hydrogens (tertiary/aromatic N) is 1. The van der Waals surface area contributed by atoms with Gasteiger partial charge in [0.1, 0.15) is 5.82 Å². The van der Waals surface area contributed by atoms with Gasteiger partial charge in [-0.3, -0.25) is 0 Å². The van der Waals surface area contributed by atoms with E-state index in [1.54, 1.807) is 11.3 Å². The number of thiazole rings is 1. The van der Waals surface area contributed by atoms with Crippen LogP contribution in [0, 0.1) is 6.92 Å². The van der Waals surface area contributed by atoms with Gasteiger partial charge in [-0.2, -0.15) is 0 Å². The number of anilines is 1. The van der Waals surface area contributed by atoms with E-state index in [1.807, 2.05) is 19.1 Å². The Hall–Kier alpha value is -0.870. The number of rotatable bonds is 2. The van der Waals surface area contributed by atoms with Crippen LogP contribution in [0.1, 0.15) is 9.88 Å². The second-order valence-corrected chi connectivity index (χ2v) is 3.36. The summed E-state index contributed by atoms with van der Waals surface area (Å²) in [5, 5.41) is 0.985. The lowest BCUT2D eigenvalue weighted by molar-refractivity contribution is 1.26. The first-order chi connectivity index (χ1) is 5.24. The van der Waals surface area contributed by atoms with Gasteiger partial charge in [-0.25, -0.2) is 4.98 Å². The maximum Gasteiger partial charge on any atom is 0.142 e. The molecule has 60 valence electrons. The molecule has 0 aliphatic carbocycles. The van der Waals surface area contributed by atoms with Crippen molar-refractivity contribution in [1.82, 2.24) is 4.98 Å². The third-order valence-corrected chi connectivity index (χ3v) is 2.15. The highest BCUT2D eigenvalue weighted by molar-refractivity contribution is 7.13. The first kappa shape index (κ1) is 8.23. The summed E-state index contributed by atoms with van der Waals surface area (Å²) >= 11 is 1.58. The largest absolute Gasteiger partial charge is 0.382 e. The van der Waals surface area contributed by atoms with Crippen molar-refractivity contribution < 1.29 is 0 Å². The monoisotopic (exact) mass is 169 g/mol. The van der Waals surface area contributed by atoms with Gasteiger partial charge < -0.3 is 11.5 Å². The molecule has 4 heteroatoms. The van der Waals surface area contributed by atoms with Crippen LogP contribution < -0.4 is 11.5 Å². The summed E-state index contributed by atoms with van der Waals surface area (Å²) in [6.07, 6.45) is 3.77. The molecule has 0 bridgehead atoms. The predicted octanol–water partition coefficient (Wildman–Crippen LogP) is 1.01. The molecule has 3 nitrogen and oxygen atoms in total. The van der Waals surface area contributed by atoms with Crippen LogP contribution in [0.25, 0.3) is 6.08 Å². The smallest absolute Gasteiger partial charge is 0.142 e. The molecule has 0 radical (unpaired) electrons. The minimum atomic E-state index is 0.538. The molecule has 0 spiro atoms. The Kier molecular flexibility index (Phi) is 2.62. The maximum absolute atomic E-state index is 5.59. The molecular formula is C7H11N3S. The number of aromatic nitrogens is 1. The summed E-state index contributed by atoms with van der Waals surface area (Å²) in [6.45, 7) is 2.47. The second-order valence-electron chi connectivity index (χ2n) is 2.12. The fraction of sp³-hybridized carbons (Fsp3) is 0.286. The average Bonchev–Trinajstić information content (AvgIpc) is 2.26. The first-order valence-corrected chi connectivity index (χ1v) is 4.15. The van der Waals surface area contributed by atoms with Crippen molar-refractivity contribution in [2.45, 2.75) is 6.92 Å². The Morgan fingerprint density at radius 3 is 2.82 bits per heavy atom. The van der Waals surface area contributed by atoms with Gasteiger partial charge in [0.15, 0.2) is 0 Å². The van der Waals surface area contributed by atoms with Crippen molar-refractivity contribution in [3.05, 3.63) is 16.0 Å². The zero-order chi connectivity index (χ0) is 8.27. The SMILES string of the molecule is Cc1nc(N)c(/C=C\CN)s1.